The highest BCUT2D eigenvalue weighted by Crippen LogP contribution is 2.41. The Labute approximate surface area is 183 Å². The summed E-state index contributed by atoms with van der Waals surface area (Å²) in [4.78, 5) is 19.0. The maximum atomic E-state index is 13.5. The van der Waals surface area contributed by atoms with Crippen LogP contribution in [-0.2, 0) is 6.54 Å². The molecule has 2 N–H and O–H groups in total. The lowest BCUT2D eigenvalue weighted by Crippen LogP contribution is -2.42. The van der Waals surface area contributed by atoms with Crippen LogP contribution in [0.4, 0.5) is 4.39 Å². The van der Waals surface area contributed by atoms with Crippen LogP contribution in [0.25, 0.3) is 0 Å². The Balaban J connectivity index is 2.18. The summed E-state index contributed by atoms with van der Waals surface area (Å²) >= 11 is 5.86. The molecule has 0 spiro atoms. The molecule has 0 radical (unpaired) electrons. The van der Waals surface area contributed by atoms with E-state index >= 15 is 0 Å². The fraction of sp³-hybridized carbons (Fsp3) is 0.238. The van der Waals surface area contributed by atoms with E-state index in [0.29, 0.717) is 23.8 Å². The van der Waals surface area contributed by atoms with E-state index in [4.69, 9.17) is 17.3 Å². The van der Waals surface area contributed by atoms with Gasteiger partial charge in [0.1, 0.15) is 22.7 Å². The first-order valence-corrected chi connectivity index (χ1v) is 9.79. The van der Waals surface area contributed by atoms with E-state index in [1.54, 1.807) is 30.3 Å². The van der Waals surface area contributed by atoms with E-state index in [2.05, 4.69) is 4.98 Å². The second-order valence-corrected chi connectivity index (χ2v) is 7.31. The molecule has 10 heteroatoms. The van der Waals surface area contributed by atoms with Crippen LogP contribution in [0.15, 0.2) is 65.5 Å². The summed E-state index contributed by atoms with van der Waals surface area (Å²) in [7, 11) is 1.58. The molecule has 1 aliphatic heterocycles. The minimum Gasteiger partial charge on any atom is -0.384 e. The molecule has 0 saturated carbocycles. The second-order valence-electron chi connectivity index (χ2n) is 6.92. The second kappa shape index (κ2) is 9.02. The molecule has 0 fully saturated rings. The molecule has 1 aromatic carbocycles. The maximum Gasteiger partial charge on any atom is 0.299 e. The van der Waals surface area contributed by atoms with Crippen LogP contribution in [0.5, 0.6) is 0 Å². The lowest BCUT2D eigenvalue weighted by molar-refractivity contribution is -0.433. The number of halogens is 2. The van der Waals surface area contributed by atoms with Crippen LogP contribution < -0.4 is 5.73 Å². The summed E-state index contributed by atoms with van der Waals surface area (Å²) in [5.74, 6) is -1.16. The van der Waals surface area contributed by atoms with Crippen LogP contribution >= 0.6 is 11.6 Å². The highest BCUT2D eigenvalue weighted by Gasteiger charge is 2.43. The smallest absolute Gasteiger partial charge is 0.299 e. The maximum absolute atomic E-state index is 13.5. The molecule has 2 heterocycles. The monoisotopic (exact) mass is 442 g/mol. The number of aromatic nitrogens is 1. The molecule has 1 aromatic heterocycles. The Morgan fingerprint density at radius 1 is 1.35 bits per heavy atom. The van der Waals surface area contributed by atoms with Gasteiger partial charge >= 0.3 is 0 Å². The first kappa shape index (κ1) is 22.1. The number of hydrogen-bond acceptors (Lipinski definition) is 7. The number of nitro groups is 1. The third-order valence-corrected chi connectivity index (χ3v) is 5.33. The van der Waals surface area contributed by atoms with E-state index in [0.717, 1.165) is 5.56 Å². The molecule has 8 nitrogen and oxygen atoms in total. The van der Waals surface area contributed by atoms with Crippen LogP contribution in [0, 0.1) is 27.3 Å². The number of rotatable bonds is 6. The Morgan fingerprint density at radius 2 is 2.03 bits per heavy atom. The minimum atomic E-state index is -1.04. The summed E-state index contributed by atoms with van der Waals surface area (Å²) in [6.45, 7) is 2.59. The molecular formula is C21H20ClFN6O2. The SMILES string of the molecule is CCN(Cc1ccc(Cl)nc1)C1=C([N+](=O)[O-])C(c2ccc(F)cc2)C(C#N)=C(N)N1C. The normalized spacial score (nSPS) is 16.4. The molecule has 1 atom stereocenters. The van der Waals surface area contributed by atoms with E-state index in [1.807, 2.05) is 13.0 Å². The van der Waals surface area contributed by atoms with Crippen LogP contribution in [0.1, 0.15) is 24.0 Å². The molecule has 1 aliphatic rings. The van der Waals surface area contributed by atoms with Gasteiger partial charge in [0.25, 0.3) is 5.70 Å². The zero-order valence-electron chi connectivity index (χ0n) is 16.9. The molecule has 3 rings (SSSR count). The Hall–Kier alpha value is -3.64. The van der Waals surface area contributed by atoms with Gasteiger partial charge in [0.2, 0.25) is 0 Å². The minimum absolute atomic E-state index is 0.0359. The van der Waals surface area contributed by atoms with E-state index in [9.17, 15) is 19.8 Å². The van der Waals surface area contributed by atoms with Gasteiger partial charge in [-0.2, -0.15) is 5.26 Å². The molecule has 160 valence electrons. The number of nitrogens with two attached hydrogens (primary N) is 1. The van der Waals surface area contributed by atoms with Gasteiger partial charge in [-0.25, -0.2) is 9.37 Å². The van der Waals surface area contributed by atoms with Crippen molar-refractivity contribution in [3.05, 3.63) is 97.7 Å². The number of benzene rings is 1. The summed E-state index contributed by atoms with van der Waals surface area (Å²) < 4.78 is 13.5. The Morgan fingerprint density at radius 3 is 2.55 bits per heavy atom. The fourth-order valence-corrected chi connectivity index (χ4v) is 3.71. The third-order valence-electron chi connectivity index (χ3n) is 5.11. The molecule has 0 saturated heterocycles. The zero-order valence-corrected chi connectivity index (χ0v) is 17.7. The van der Waals surface area contributed by atoms with Gasteiger partial charge in [-0.15, -0.1) is 0 Å². The molecule has 0 bridgehead atoms. The van der Waals surface area contributed by atoms with Crippen molar-refractivity contribution in [1.29, 1.82) is 5.26 Å². The summed E-state index contributed by atoms with van der Waals surface area (Å²) in [6, 6.07) is 10.7. The molecule has 2 aromatic rings. The fourth-order valence-electron chi connectivity index (χ4n) is 3.60. The van der Waals surface area contributed by atoms with Gasteiger partial charge in [0.05, 0.1) is 16.6 Å². The van der Waals surface area contributed by atoms with E-state index in [1.165, 1.54) is 29.2 Å². The highest BCUT2D eigenvalue weighted by molar-refractivity contribution is 6.29. The van der Waals surface area contributed by atoms with E-state index in [-0.39, 0.29) is 22.9 Å². The van der Waals surface area contributed by atoms with Gasteiger partial charge in [-0.05, 0) is 36.2 Å². The van der Waals surface area contributed by atoms with Gasteiger partial charge < -0.3 is 15.5 Å². The van der Waals surface area contributed by atoms with Crippen LogP contribution in [0.3, 0.4) is 0 Å². The van der Waals surface area contributed by atoms with Crippen molar-refractivity contribution in [3.63, 3.8) is 0 Å². The number of pyridine rings is 1. The van der Waals surface area contributed by atoms with Crippen LogP contribution in [-0.4, -0.2) is 33.3 Å². The first-order chi connectivity index (χ1) is 14.8. The summed E-state index contributed by atoms with van der Waals surface area (Å²) in [5.41, 5.74) is 7.27. The van der Waals surface area contributed by atoms with Gasteiger partial charge in [-0.3, -0.25) is 10.1 Å². The number of nitriles is 1. The molecule has 0 amide bonds. The third kappa shape index (κ3) is 4.29. The predicted octanol–water partition coefficient (Wildman–Crippen LogP) is 3.56. The quantitative estimate of drug-likeness (QED) is 0.413. The van der Waals surface area contributed by atoms with Gasteiger partial charge in [0.15, 0.2) is 5.82 Å². The Bertz CT molecular complexity index is 1090. The molecule has 1 unspecified atom stereocenters. The van der Waals surface area contributed by atoms with E-state index < -0.39 is 16.7 Å². The predicted molar refractivity (Wildman–Crippen MR) is 113 cm³/mol. The topological polar surface area (TPSA) is 112 Å². The Kier molecular flexibility index (Phi) is 6.42. The molecular weight excluding hydrogens is 423 g/mol. The average Bonchev–Trinajstić information content (AvgIpc) is 2.75. The van der Waals surface area contributed by atoms with Crippen molar-refractivity contribution >= 4 is 11.6 Å². The van der Waals surface area contributed by atoms with Crippen molar-refractivity contribution in [2.24, 2.45) is 5.73 Å². The molecule has 31 heavy (non-hydrogen) atoms. The lowest BCUT2D eigenvalue weighted by atomic mass is 9.86. The van der Waals surface area contributed by atoms with Crippen molar-refractivity contribution in [1.82, 2.24) is 14.8 Å². The number of hydrogen-bond donors (Lipinski definition) is 1. The van der Waals surface area contributed by atoms with Gasteiger partial charge in [-0.1, -0.05) is 29.8 Å². The average molecular weight is 443 g/mol. The van der Waals surface area contributed by atoms with Gasteiger partial charge in [0, 0.05) is 26.3 Å². The van der Waals surface area contributed by atoms with Crippen molar-refractivity contribution in [3.8, 4) is 6.07 Å². The highest BCUT2D eigenvalue weighted by atomic mass is 35.5. The first-order valence-electron chi connectivity index (χ1n) is 9.41. The summed E-state index contributed by atoms with van der Waals surface area (Å²) in [6.07, 6.45) is 1.59. The summed E-state index contributed by atoms with van der Waals surface area (Å²) in [5, 5.41) is 22.3. The van der Waals surface area contributed by atoms with Crippen molar-refractivity contribution in [2.45, 2.75) is 19.4 Å². The standard InChI is InChI=1S/C21H20ClFN6O2/c1-3-28(12-13-4-9-17(22)26-11-13)21-19(29(30)31)18(14-5-7-15(23)8-6-14)16(10-24)20(25)27(21)2/h4-9,11,18H,3,12,25H2,1-2H3. The largest absolute Gasteiger partial charge is 0.384 e. The van der Waals surface area contributed by atoms with Crippen molar-refractivity contribution in [2.75, 3.05) is 13.6 Å². The number of nitrogens with zero attached hydrogens (tertiary/aromatic N) is 5. The zero-order chi connectivity index (χ0) is 22.7. The molecule has 0 aliphatic carbocycles. The number of allylic oxidation sites excluding steroid dienone is 1. The lowest BCUT2D eigenvalue weighted by Gasteiger charge is -2.37. The van der Waals surface area contributed by atoms with Crippen molar-refractivity contribution < 1.29 is 9.31 Å². The van der Waals surface area contributed by atoms with Crippen LogP contribution in [0.2, 0.25) is 5.15 Å².